The molecule has 1 aromatic heterocycles. The number of fused-ring (bicyclic) bond motifs is 2. The Morgan fingerprint density at radius 3 is 2.26 bits per heavy atom. The molecule has 1 amide bonds. The Morgan fingerprint density at radius 1 is 1.06 bits per heavy atom. The monoisotopic (exact) mass is 478 g/mol. The van der Waals surface area contributed by atoms with E-state index in [1.807, 2.05) is 6.20 Å². The van der Waals surface area contributed by atoms with Gasteiger partial charge in [0.1, 0.15) is 0 Å². The molecule has 7 nitrogen and oxygen atoms in total. The Hall–Kier alpha value is -2.88. The molecule has 0 bridgehead atoms. The largest absolute Gasteiger partial charge is 0.490 e. The highest BCUT2D eigenvalue weighted by atomic mass is 19.4. The number of rotatable bonds is 4. The molecule has 3 heterocycles. The number of hydrogen-bond donors (Lipinski definition) is 1. The van der Waals surface area contributed by atoms with E-state index in [1.54, 1.807) is 0 Å². The summed E-state index contributed by atoms with van der Waals surface area (Å²) in [4.78, 5) is 26.6. The van der Waals surface area contributed by atoms with E-state index in [9.17, 15) is 18.0 Å². The van der Waals surface area contributed by atoms with Gasteiger partial charge in [0.05, 0.1) is 18.3 Å². The number of nitrogens with zero attached hydrogens (tertiary/aromatic N) is 4. The minimum absolute atomic E-state index is 0.284. The number of benzene rings is 1. The molecule has 1 aromatic carbocycles. The zero-order chi connectivity index (χ0) is 24.3. The molecule has 34 heavy (non-hydrogen) atoms. The van der Waals surface area contributed by atoms with Gasteiger partial charge in [-0.1, -0.05) is 24.3 Å². The van der Waals surface area contributed by atoms with E-state index >= 15 is 0 Å². The summed E-state index contributed by atoms with van der Waals surface area (Å²) in [6.07, 6.45) is 2.15. The van der Waals surface area contributed by atoms with E-state index in [0.717, 1.165) is 25.9 Å². The number of alkyl halides is 3. The number of hydrogen-bond acceptors (Lipinski definition) is 4. The van der Waals surface area contributed by atoms with Crippen LogP contribution in [0.2, 0.25) is 0 Å². The Balaban J connectivity index is 0.000000344. The van der Waals surface area contributed by atoms with Crippen molar-refractivity contribution in [3.63, 3.8) is 0 Å². The van der Waals surface area contributed by atoms with Crippen molar-refractivity contribution < 1.29 is 27.9 Å². The second kappa shape index (κ2) is 10.2. The first-order valence-electron chi connectivity index (χ1n) is 11.6. The fourth-order valence-electron chi connectivity index (χ4n) is 5.15. The van der Waals surface area contributed by atoms with Gasteiger partial charge >= 0.3 is 12.1 Å². The number of likely N-dealkylation sites (tertiary alicyclic amines) is 1. The molecule has 10 heteroatoms. The topological polar surface area (TPSA) is 78.7 Å². The maximum atomic E-state index is 13.1. The van der Waals surface area contributed by atoms with Crippen molar-refractivity contribution in [1.29, 1.82) is 0 Å². The molecule has 1 unspecified atom stereocenters. The molecule has 0 spiro atoms. The van der Waals surface area contributed by atoms with E-state index in [4.69, 9.17) is 9.90 Å². The molecule has 0 radical (unpaired) electrons. The summed E-state index contributed by atoms with van der Waals surface area (Å²) in [5, 5.41) is 11.7. The van der Waals surface area contributed by atoms with Gasteiger partial charge in [-0.05, 0) is 61.9 Å². The van der Waals surface area contributed by atoms with E-state index in [-0.39, 0.29) is 6.04 Å². The lowest BCUT2D eigenvalue weighted by atomic mass is 10.0. The Morgan fingerprint density at radius 2 is 1.68 bits per heavy atom. The first kappa shape index (κ1) is 24.3. The molecule has 3 aliphatic rings. The predicted molar refractivity (Wildman–Crippen MR) is 118 cm³/mol. The van der Waals surface area contributed by atoms with Crippen LogP contribution in [0.15, 0.2) is 36.5 Å². The van der Waals surface area contributed by atoms with Gasteiger partial charge in [-0.15, -0.1) is 0 Å². The quantitative estimate of drug-likeness (QED) is 0.730. The zero-order valence-electron chi connectivity index (χ0n) is 18.9. The Bertz CT molecular complexity index is 992. The fraction of sp³-hybridized carbons (Fsp3) is 0.542. The second-order valence-corrected chi connectivity index (χ2v) is 9.25. The molecular formula is C24H29F3N4O3. The van der Waals surface area contributed by atoms with Crippen molar-refractivity contribution in [3.8, 4) is 0 Å². The van der Waals surface area contributed by atoms with E-state index in [2.05, 4.69) is 49.9 Å². The molecule has 2 aliphatic heterocycles. The minimum atomic E-state index is -5.08. The minimum Gasteiger partial charge on any atom is -0.475 e. The predicted octanol–water partition coefficient (Wildman–Crippen LogP) is 3.30. The maximum absolute atomic E-state index is 13.1. The van der Waals surface area contributed by atoms with Gasteiger partial charge in [-0.3, -0.25) is 9.48 Å². The van der Waals surface area contributed by atoms with E-state index < -0.39 is 12.1 Å². The van der Waals surface area contributed by atoms with Gasteiger partial charge in [0.15, 0.2) is 0 Å². The summed E-state index contributed by atoms with van der Waals surface area (Å²) in [7, 11) is 0. The lowest BCUT2D eigenvalue weighted by Gasteiger charge is -2.36. The van der Waals surface area contributed by atoms with Gasteiger partial charge in [-0.25, -0.2) is 4.79 Å². The molecule has 5 rings (SSSR count). The van der Waals surface area contributed by atoms with Gasteiger partial charge in [0.2, 0.25) is 5.91 Å². The van der Waals surface area contributed by atoms with Crippen molar-refractivity contribution in [2.24, 2.45) is 5.92 Å². The normalized spacial score (nSPS) is 20.4. The smallest absolute Gasteiger partial charge is 0.475 e. The van der Waals surface area contributed by atoms with Crippen LogP contribution in [-0.4, -0.2) is 68.9 Å². The molecule has 0 saturated carbocycles. The summed E-state index contributed by atoms with van der Waals surface area (Å²) >= 11 is 0. The molecule has 184 valence electrons. The lowest BCUT2D eigenvalue weighted by molar-refractivity contribution is -0.192. The van der Waals surface area contributed by atoms with Crippen LogP contribution in [0.25, 0.3) is 0 Å². The SMILES string of the molecule is O=C(CC1Cc2ccccc2C1)N1Cc2ccnn2C(CN2CCCC2)C1.O=C(O)C(F)(F)F. The average molecular weight is 479 g/mol. The number of aromatic nitrogens is 2. The number of halogens is 3. The highest BCUT2D eigenvalue weighted by molar-refractivity contribution is 5.77. The third kappa shape index (κ3) is 5.78. The van der Waals surface area contributed by atoms with Crippen molar-refractivity contribution >= 4 is 11.9 Å². The van der Waals surface area contributed by atoms with Crippen LogP contribution >= 0.6 is 0 Å². The lowest BCUT2D eigenvalue weighted by Crippen LogP contribution is -2.45. The van der Waals surface area contributed by atoms with Crippen LogP contribution < -0.4 is 0 Å². The number of carbonyl (C=O) groups is 2. The molecule has 1 atom stereocenters. The van der Waals surface area contributed by atoms with Gasteiger partial charge in [0.25, 0.3) is 0 Å². The molecule has 1 fully saturated rings. The number of carboxylic acids is 1. The van der Waals surface area contributed by atoms with Crippen molar-refractivity contribution in [2.45, 2.75) is 50.9 Å². The zero-order valence-corrected chi connectivity index (χ0v) is 18.9. The van der Waals surface area contributed by atoms with Crippen LogP contribution in [0.5, 0.6) is 0 Å². The van der Waals surface area contributed by atoms with Crippen LogP contribution in [0.3, 0.4) is 0 Å². The summed E-state index contributed by atoms with van der Waals surface area (Å²) in [6.45, 7) is 4.87. The Labute approximate surface area is 196 Å². The number of amides is 1. The number of carboxylic acid groups (broad SMARTS) is 1. The highest BCUT2D eigenvalue weighted by Gasteiger charge is 2.38. The summed E-state index contributed by atoms with van der Waals surface area (Å²) in [6, 6.07) is 11.0. The molecule has 1 N–H and O–H groups in total. The average Bonchev–Trinajstić information content (AvgIpc) is 3.53. The van der Waals surface area contributed by atoms with Gasteiger partial charge in [0, 0.05) is 25.7 Å². The van der Waals surface area contributed by atoms with Crippen LogP contribution in [0.4, 0.5) is 13.2 Å². The van der Waals surface area contributed by atoms with Crippen LogP contribution in [0, 0.1) is 5.92 Å². The first-order chi connectivity index (χ1) is 16.2. The third-order valence-corrected chi connectivity index (χ3v) is 6.74. The van der Waals surface area contributed by atoms with Crippen molar-refractivity contribution in [1.82, 2.24) is 19.6 Å². The fourth-order valence-corrected chi connectivity index (χ4v) is 5.15. The molecule has 1 aliphatic carbocycles. The van der Waals surface area contributed by atoms with E-state index in [1.165, 1.54) is 42.8 Å². The third-order valence-electron chi connectivity index (χ3n) is 6.74. The van der Waals surface area contributed by atoms with Gasteiger partial charge < -0.3 is 14.9 Å². The summed E-state index contributed by atoms with van der Waals surface area (Å²) in [5.41, 5.74) is 4.03. The van der Waals surface area contributed by atoms with Crippen LogP contribution in [0.1, 0.15) is 42.1 Å². The van der Waals surface area contributed by atoms with Crippen molar-refractivity contribution in [2.75, 3.05) is 26.2 Å². The molecular weight excluding hydrogens is 449 g/mol. The maximum Gasteiger partial charge on any atom is 0.490 e. The summed E-state index contributed by atoms with van der Waals surface area (Å²) < 4.78 is 33.9. The number of carbonyl (C=O) groups excluding carboxylic acids is 1. The van der Waals surface area contributed by atoms with Crippen molar-refractivity contribution in [3.05, 3.63) is 53.3 Å². The first-order valence-corrected chi connectivity index (χ1v) is 11.6. The molecule has 2 aromatic rings. The standard InChI is InChI=1S/C22H28N4O.C2HF3O2/c27-22(13-17-11-18-5-1-2-6-19(18)12-17)25-15-20-7-8-23-26(20)21(16-25)14-24-9-3-4-10-24;3-2(4,5)1(6)7/h1-2,5-8,17,21H,3-4,9-16H2;(H,6,7). The van der Waals surface area contributed by atoms with Gasteiger partial charge in [-0.2, -0.15) is 18.3 Å². The Kier molecular flexibility index (Phi) is 7.25. The second-order valence-electron chi connectivity index (χ2n) is 9.25. The highest BCUT2D eigenvalue weighted by Crippen LogP contribution is 2.30. The number of aliphatic carboxylic acids is 1. The summed E-state index contributed by atoms with van der Waals surface area (Å²) in [5.74, 6) is -1.99. The van der Waals surface area contributed by atoms with Crippen LogP contribution in [-0.2, 0) is 29.0 Å². The van der Waals surface area contributed by atoms with E-state index in [0.29, 0.717) is 24.8 Å². The molecule has 1 saturated heterocycles.